The molecule has 0 spiro atoms. The van der Waals surface area contributed by atoms with Crippen molar-refractivity contribution in [1.29, 1.82) is 0 Å². The monoisotopic (exact) mass is 276 g/mol. The minimum absolute atomic E-state index is 0.929. The van der Waals surface area contributed by atoms with Gasteiger partial charge in [-0.25, -0.2) is 0 Å². The van der Waals surface area contributed by atoms with E-state index in [2.05, 4.69) is 43.3 Å². The summed E-state index contributed by atoms with van der Waals surface area (Å²) in [4.78, 5) is 1.23. The van der Waals surface area contributed by atoms with Gasteiger partial charge in [-0.05, 0) is 35.4 Å². The molecule has 0 aromatic heterocycles. The van der Waals surface area contributed by atoms with Gasteiger partial charge < -0.3 is 0 Å². The molecule has 0 saturated heterocycles. The Hall–Kier alpha value is -0.770. The van der Waals surface area contributed by atoms with Crippen LogP contribution >= 0.6 is 33.8 Å². The molecule has 0 N–H and O–H groups in total. The third kappa shape index (κ3) is 3.87. The van der Waals surface area contributed by atoms with E-state index in [1.54, 1.807) is 21.6 Å². The lowest BCUT2D eigenvalue weighted by Gasteiger charge is -2.03. The highest BCUT2D eigenvalue weighted by molar-refractivity contribution is 8.83. The van der Waals surface area contributed by atoms with Gasteiger partial charge in [0, 0.05) is 4.90 Å². The Morgan fingerprint density at radius 2 is 1.59 bits per heavy atom. The minimum atomic E-state index is 0.929. The zero-order valence-electron chi connectivity index (χ0n) is 9.42. The second-order valence-electron chi connectivity index (χ2n) is 3.63. The minimum Gasteiger partial charge on any atom is -0.0709 e. The average Bonchev–Trinajstić information content (AvgIpc) is 2.38. The van der Waals surface area contributed by atoms with E-state index >= 15 is 0 Å². The van der Waals surface area contributed by atoms with Gasteiger partial charge in [0.1, 0.15) is 0 Å². The van der Waals surface area contributed by atoms with Crippen LogP contribution < -0.4 is 0 Å². The first-order chi connectivity index (χ1) is 8.25. The lowest BCUT2D eigenvalue weighted by Crippen LogP contribution is -1.88. The Morgan fingerprint density at radius 3 is 2.24 bits per heavy atom. The van der Waals surface area contributed by atoms with Crippen LogP contribution in [0.15, 0.2) is 59.5 Å². The third-order valence-corrected chi connectivity index (χ3v) is 5.31. The van der Waals surface area contributed by atoms with Crippen molar-refractivity contribution in [3.63, 3.8) is 0 Å². The summed E-state index contributed by atoms with van der Waals surface area (Å²) >= 11 is 5.41. The van der Waals surface area contributed by atoms with E-state index < -0.39 is 0 Å². The van der Waals surface area contributed by atoms with E-state index in [1.165, 1.54) is 10.5 Å². The maximum atomic E-state index is 5.41. The fourth-order valence-corrected chi connectivity index (χ4v) is 3.55. The molecule has 0 aliphatic carbocycles. The first-order valence-electron chi connectivity index (χ1n) is 5.26. The van der Waals surface area contributed by atoms with Crippen LogP contribution in [-0.4, -0.2) is 4.20 Å². The molecule has 86 valence electrons. The molecule has 0 heterocycles. The van der Waals surface area contributed by atoms with Gasteiger partial charge in [-0.1, -0.05) is 71.0 Å². The Morgan fingerprint density at radius 1 is 0.941 bits per heavy atom. The SMILES string of the molecule is Cc1ccc(C(=S)SSc2ccccc2)cc1. The highest BCUT2D eigenvalue weighted by atomic mass is 33.1. The Bertz CT molecular complexity index is 489. The molecule has 0 atom stereocenters. The van der Waals surface area contributed by atoms with Gasteiger partial charge in [-0.15, -0.1) is 0 Å². The van der Waals surface area contributed by atoms with Gasteiger partial charge in [0.2, 0.25) is 0 Å². The largest absolute Gasteiger partial charge is 0.0888 e. The zero-order valence-corrected chi connectivity index (χ0v) is 11.9. The molecule has 0 fully saturated rings. The van der Waals surface area contributed by atoms with Crippen molar-refractivity contribution in [2.75, 3.05) is 0 Å². The molecule has 17 heavy (non-hydrogen) atoms. The van der Waals surface area contributed by atoms with Crippen LogP contribution in [0.3, 0.4) is 0 Å². The van der Waals surface area contributed by atoms with Crippen LogP contribution in [0.1, 0.15) is 11.1 Å². The predicted octanol–water partition coefficient (Wildman–Crippen LogP) is 5.11. The standard InChI is InChI=1S/C14H12S3/c1-11-7-9-12(10-8-11)14(15)17-16-13-5-3-2-4-6-13/h2-10H,1H3. The van der Waals surface area contributed by atoms with Crippen molar-refractivity contribution in [3.8, 4) is 0 Å². The number of hydrogen-bond donors (Lipinski definition) is 0. The molecule has 0 radical (unpaired) electrons. The Balaban J connectivity index is 1.96. The van der Waals surface area contributed by atoms with E-state index in [4.69, 9.17) is 12.2 Å². The number of rotatable bonds is 3. The fourth-order valence-electron chi connectivity index (χ4n) is 1.30. The smallest absolute Gasteiger partial charge is 0.0709 e. The van der Waals surface area contributed by atoms with Crippen LogP contribution in [-0.2, 0) is 0 Å². The summed E-state index contributed by atoms with van der Waals surface area (Å²) in [5.41, 5.74) is 2.39. The fraction of sp³-hybridized carbons (Fsp3) is 0.0714. The predicted molar refractivity (Wildman–Crippen MR) is 82.8 cm³/mol. The van der Waals surface area contributed by atoms with E-state index in [9.17, 15) is 0 Å². The van der Waals surface area contributed by atoms with Crippen LogP contribution in [0.5, 0.6) is 0 Å². The summed E-state index contributed by atoms with van der Waals surface area (Å²) in [5.74, 6) is 0. The van der Waals surface area contributed by atoms with Crippen LogP contribution in [0, 0.1) is 6.92 Å². The second-order valence-corrected chi connectivity index (χ2v) is 6.51. The third-order valence-electron chi connectivity index (χ3n) is 2.24. The molecule has 0 aliphatic heterocycles. The van der Waals surface area contributed by atoms with Crippen LogP contribution in [0.25, 0.3) is 0 Å². The van der Waals surface area contributed by atoms with Crippen LogP contribution in [0.2, 0.25) is 0 Å². The number of hydrogen-bond acceptors (Lipinski definition) is 3. The van der Waals surface area contributed by atoms with Crippen molar-refractivity contribution in [2.45, 2.75) is 11.8 Å². The molecule has 2 aromatic carbocycles. The molecule has 0 nitrogen and oxygen atoms in total. The summed E-state index contributed by atoms with van der Waals surface area (Å²) in [6.45, 7) is 2.08. The normalized spacial score (nSPS) is 10.2. The lowest BCUT2D eigenvalue weighted by molar-refractivity contribution is 1.47. The van der Waals surface area contributed by atoms with Gasteiger partial charge in [-0.2, -0.15) is 0 Å². The first kappa shape index (κ1) is 12.7. The van der Waals surface area contributed by atoms with Gasteiger partial charge in [0.25, 0.3) is 0 Å². The average molecular weight is 276 g/mol. The van der Waals surface area contributed by atoms with E-state index in [0.29, 0.717) is 0 Å². The van der Waals surface area contributed by atoms with Crippen molar-refractivity contribution >= 4 is 38.0 Å². The Kier molecular flexibility index (Phi) is 4.66. The number of aryl methyl sites for hydroxylation is 1. The van der Waals surface area contributed by atoms with Gasteiger partial charge in [0.15, 0.2) is 0 Å². The summed E-state index contributed by atoms with van der Waals surface area (Å²) in [5, 5.41) is 0. The molecule has 3 heteroatoms. The highest BCUT2D eigenvalue weighted by Crippen LogP contribution is 2.33. The molecule has 0 amide bonds. The molecule has 0 aliphatic rings. The summed E-state index contributed by atoms with van der Waals surface area (Å²) in [6.07, 6.45) is 0. The topological polar surface area (TPSA) is 0 Å². The van der Waals surface area contributed by atoms with Crippen LogP contribution in [0.4, 0.5) is 0 Å². The molecule has 0 saturated carbocycles. The van der Waals surface area contributed by atoms with Gasteiger partial charge >= 0.3 is 0 Å². The highest BCUT2D eigenvalue weighted by Gasteiger charge is 2.03. The van der Waals surface area contributed by atoms with Crippen molar-refractivity contribution in [3.05, 3.63) is 65.7 Å². The van der Waals surface area contributed by atoms with Gasteiger partial charge in [0.05, 0.1) is 4.20 Å². The molecular weight excluding hydrogens is 264 g/mol. The van der Waals surface area contributed by atoms with Crippen molar-refractivity contribution in [1.82, 2.24) is 0 Å². The number of benzene rings is 2. The molecule has 0 bridgehead atoms. The maximum absolute atomic E-state index is 5.41. The second kappa shape index (κ2) is 6.24. The Labute approximate surface area is 115 Å². The van der Waals surface area contributed by atoms with Crippen molar-refractivity contribution < 1.29 is 0 Å². The van der Waals surface area contributed by atoms with E-state index in [0.717, 1.165) is 9.76 Å². The zero-order chi connectivity index (χ0) is 12.1. The summed E-state index contributed by atoms with van der Waals surface area (Å²) < 4.78 is 0.929. The molecular formula is C14H12S3. The van der Waals surface area contributed by atoms with Gasteiger partial charge in [-0.3, -0.25) is 0 Å². The summed E-state index contributed by atoms with van der Waals surface area (Å²) in [6, 6.07) is 18.6. The van der Waals surface area contributed by atoms with E-state index in [1.807, 2.05) is 18.2 Å². The molecule has 2 aromatic rings. The first-order valence-corrected chi connectivity index (χ1v) is 7.82. The number of thiocarbonyl (C=S) groups is 1. The lowest BCUT2D eigenvalue weighted by atomic mass is 10.2. The summed E-state index contributed by atoms with van der Waals surface area (Å²) in [7, 11) is 3.34. The molecule has 2 rings (SSSR count). The molecule has 0 unspecified atom stereocenters. The quantitative estimate of drug-likeness (QED) is 0.564. The maximum Gasteiger partial charge on any atom is 0.0888 e. The van der Waals surface area contributed by atoms with Crippen molar-refractivity contribution in [2.24, 2.45) is 0 Å². The van der Waals surface area contributed by atoms with E-state index in [-0.39, 0.29) is 0 Å².